The first-order chi connectivity index (χ1) is 12.4. The van der Waals surface area contributed by atoms with Gasteiger partial charge in [0.1, 0.15) is 10.7 Å². The molecule has 2 aromatic carbocycles. The fourth-order valence-corrected chi connectivity index (χ4v) is 4.30. The molecule has 3 aromatic rings. The SMILES string of the molecule is O=C(Nc1ccc(F)cc1)c1sccc1NS(=O)(=O)Cc1ccccc1. The molecular formula is C18H15FN2O3S2. The highest BCUT2D eigenvalue weighted by Gasteiger charge is 2.19. The lowest BCUT2D eigenvalue weighted by molar-refractivity contribution is 0.103. The van der Waals surface area contributed by atoms with E-state index in [9.17, 15) is 17.6 Å². The predicted molar refractivity (Wildman–Crippen MR) is 101 cm³/mol. The van der Waals surface area contributed by atoms with E-state index in [0.29, 0.717) is 11.3 Å². The number of benzene rings is 2. The van der Waals surface area contributed by atoms with Crippen molar-refractivity contribution in [1.29, 1.82) is 0 Å². The highest BCUT2D eigenvalue weighted by molar-refractivity contribution is 7.91. The van der Waals surface area contributed by atoms with Crippen LogP contribution in [0.25, 0.3) is 0 Å². The van der Waals surface area contributed by atoms with Crippen LogP contribution in [0, 0.1) is 5.82 Å². The maximum Gasteiger partial charge on any atom is 0.267 e. The zero-order valence-electron chi connectivity index (χ0n) is 13.5. The number of thiophene rings is 1. The fourth-order valence-electron chi connectivity index (χ4n) is 2.28. The van der Waals surface area contributed by atoms with Gasteiger partial charge in [0.2, 0.25) is 10.0 Å². The standard InChI is InChI=1S/C18H15FN2O3S2/c19-14-6-8-15(9-7-14)20-18(22)17-16(10-11-25-17)21-26(23,24)12-13-4-2-1-3-5-13/h1-11,21H,12H2,(H,20,22). The molecule has 0 aliphatic heterocycles. The van der Waals surface area contributed by atoms with E-state index >= 15 is 0 Å². The van der Waals surface area contributed by atoms with Gasteiger partial charge >= 0.3 is 0 Å². The third-order valence-electron chi connectivity index (χ3n) is 3.44. The summed E-state index contributed by atoms with van der Waals surface area (Å²) in [4.78, 5) is 12.6. The van der Waals surface area contributed by atoms with Crippen molar-refractivity contribution in [3.63, 3.8) is 0 Å². The minimum Gasteiger partial charge on any atom is -0.321 e. The van der Waals surface area contributed by atoms with E-state index < -0.39 is 21.7 Å². The monoisotopic (exact) mass is 390 g/mol. The Bertz CT molecular complexity index is 1000. The summed E-state index contributed by atoms with van der Waals surface area (Å²) in [5.41, 5.74) is 1.28. The molecule has 0 saturated carbocycles. The molecule has 0 saturated heterocycles. The topological polar surface area (TPSA) is 75.3 Å². The Morgan fingerprint density at radius 1 is 1.00 bits per heavy atom. The molecule has 5 nitrogen and oxygen atoms in total. The number of anilines is 2. The van der Waals surface area contributed by atoms with E-state index in [-0.39, 0.29) is 16.3 Å². The van der Waals surface area contributed by atoms with Crippen LogP contribution in [0.3, 0.4) is 0 Å². The molecule has 0 radical (unpaired) electrons. The Morgan fingerprint density at radius 2 is 1.69 bits per heavy atom. The van der Waals surface area contributed by atoms with Crippen molar-refractivity contribution in [1.82, 2.24) is 0 Å². The Morgan fingerprint density at radius 3 is 2.38 bits per heavy atom. The van der Waals surface area contributed by atoms with Crippen molar-refractivity contribution in [2.45, 2.75) is 5.75 Å². The Kier molecular flexibility index (Phi) is 5.34. The smallest absolute Gasteiger partial charge is 0.267 e. The number of nitrogens with one attached hydrogen (secondary N) is 2. The summed E-state index contributed by atoms with van der Waals surface area (Å²) in [5.74, 6) is -1.07. The van der Waals surface area contributed by atoms with Gasteiger partial charge < -0.3 is 5.32 Å². The van der Waals surface area contributed by atoms with E-state index in [0.717, 1.165) is 11.3 Å². The summed E-state index contributed by atoms with van der Waals surface area (Å²) >= 11 is 1.11. The minimum atomic E-state index is -3.67. The number of sulfonamides is 1. The summed E-state index contributed by atoms with van der Waals surface area (Å²) in [5, 5.41) is 4.24. The Hall–Kier alpha value is -2.71. The molecule has 1 heterocycles. The summed E-state index contributed by atoms with van der Waals surface area (Å²) in [6.45, 7) is 0. The molecule has 8 heteroatoms. The minimum absolute atomic E-state index is 0.192. The zero-order chi connectivity index (χ0) is 18.6. The van der Waals surface area contributed by atoms with Crippen molar-refractivity contribution in [2.24, 2.45) is 0 Å². The number of amides is 1. The van der Waals surface area contributed by atoms with Crippen LogP contribution in [-0.4, -0.2) is 14.3 Å². The maximum absolute atomic E-state index is 12.9. The van der Waals surface area contributed by atoms with Crippen LogP contribution in [0.2, 0.25) is 0 Å². The van der Waals surface area contributed by atoms with Crippen molar-refractivity contribution in [2.75, 3.05) is 10.0 Å². The molecular weight excluding hydrogens is 375 g/mol. The Labute approximate surface area is 154 Å². The van der Waals surface area contributed by atoms with Gasteiger partial charge in [0, 0.05) is 5.69 Å². The number of hydrogen-bond donors (Lipinski definition) is 2. The molecule has 0 aliphatic carbocycles. The molecule has 0 fully saturated rings. The molecule has 0 spiro atoms. The van der Waals surface area contributed by atoms with Gasteiger partial charge in [-0.15, -0.1) is 11.3 Å². The highest BCUT2D eigenvalue weighted by atomic mass is 32.2. The fraction of sp³-hybridized carbons (Fsp3) is 0.0556. The van der Waals surface area contributed by atoms with Gasteiger partial charge in [-0.3, -0.25) is 9.52 Å². The van der Waals surface area contributed by atoms with Gasteiger partial charge in [-0.25, -0.2) is 12.8 Å². The summed E-state index contributed by atoms with van der Waals surface area (Å²) in [6.07, 6.45) is 0. The average Bonchev–Trinajstić information content (AvgIpc) is 3.05. The molecule has 0 bridgehead atoms. The first kappa shape index (κ1) is 18.1. The quantitative estimate of drug-likeness (QED) is 0.666. The third kappa shape index (κ3) is 4.68. The van der Waals surface area contributed by atoms with Crippen LogP contribution in [-0.2, 0) is 15.8 Å². The third-order valence-corrected chi connectivity index (χ3v) is 5.60. The molecule has 2 N–H and O–H groups in total. The van der Waals surface area contributed by atoms with Crippen LogP contribution in [0.5, 0.6) is 0 Å². The molecule has 1 amide bonds. The van der Waals surface area contributed by atoms with Crippen LogP contribution < -0.4 is 10.0 Å². The van der Waals surface area contributed by atoms with Gasteiger partial charge in [-0.1, -0.05) is 30.3 Å². The van der Waals surface area contributed by atoms with Crippen molar-refractivity contribution in [3.8, 4) is 0 Å². The summed E-state index contributed by atoms with van der Waals surface area (Å²) < 4.78 is 40.1. The van der Waals surface area contributed by atoms with Crippen molar-refractivity contribution >= 4 is 38.6 Å². The maximum atomic E-state index is 12.9. The summed E-state index contributed by atoms with van der Waals surface area (Å²) in [6, 6.07) is 15.6. The molecule has 1 aromatic heterocycles. The van der Waals surface area contributed by atoms with E-state index in [1.807, 2.05) is 0 Å². The molecule has 3 rings (SSSR count). The van der Waals surface area contributed by atoms with E-state index in [2.05, 4.69) is 10.0 Å². The molecule has 134 valence electrons. The second-order valence-electron chi connectivity index (χ2n) is 5.47. The highest BCUT2D eigenvalue weighted by Crippen LogP contribution is 2.25. The molecule has 0 atom stereocenters. The van der Waals surface area contributed by atoms with Crippen LogP contribution in [0.4, 0.5) is 15.8 Å². The number of hydrogen-bond acceptors (Lipinski definition) is 4. The lowest BCUT2D eigenvalue weighted by Crippen LogP contribution is -2.18. The van der Waals surface area contributed by atoms with Crippen LogP contribution in [0.15, 0.2) is 66.0 Å². The molecule has 0 unspecified atom stereocenters. The largest absolute Gasteiger partial charge is 0.321 e. The normalized spacial score (nSPS) is 11.1. The van der Waals surface area contributed by atoms with Crippen LogP contribution >= 0.6 is 11.3 Å². The van der Waals surface area contributed by atoms with Gasteiger partial charge in [0.15, 0.2) is 0 Å². The first-order valence-electron chi connectivity index (χ1n) is 7.62. The van der Waals surface area contributed by atoms with Crippen molar-refractivity contribution in [3.05, 3.63) is 82.3 Å². The second kappa shape index (κ2) is 7.67. The second-order valence-corrected chi connectivity index (χ2v) is 8.11. The predicted octanol–water partition coefficient (Wildman–Crippen LogP) is 4.08. The molecule has 26 heavy (non-hydrogen) atoms. The van der Waals surface area contributed by atoms with E-state index in [1.165, 1.54) is 30.3 Å². The average molecular weight is 390 g/mol. The lowest BCUT2D eigenvalue weighted by Gasteiger charge is -2.09. The molecule has 0 aliphatic rings. The number of carbonyl (C=O) groups is 1. The number of halogens is 1. The Balaban J connectivity index is 1.73. The zero-order valence-corrected chi connectivity index (χ0v) is 15.1. The van der Waals surface area contributed by atoms with Gasteiger partial charge in [-0.05, 0) is 41.3 Å². The van der Waals surface area contributed by atoms with Gasteiger partial charge in [0.05, 0.1) is 11.4 Å². The van der Waals surface area contributed by atoms with Crippen LogP contribution in [0.1, 0.15) is 15.2 Å². The number of carbonyl (C=O) groups excluding carboxylic acids is 1. The first-order valence-corrected chi connectivity index (χ1v) is 10.1. The van der Waals surface area contributed by atoms with Gasteiger partial charge in [-0.2, -0.15) is 0 Å². The number of rotatable bonds is 6. The van der Waals surface area contributed by atoms with Gasteiger partial charge in [0.25, 0.3) is 5.91 Å². The van der Waals surface area contributed by atoms with E-state index in [1.54, 1.807) is 35.7 Å². The lowest BCUT2D eigenvalue weighted by atomic mass is 10.2. The summed E-state index contributed by atoms with van der Waals surface area (Å²) in [7, 11) is -3.67. The van der Waals surface area contributed by atoms with Crippen molar-refractivity contribution < 1.29 is 17.6 Å². The van der Waals surface area contributed by atoms with E-state index in [4.69, 9.17) is 0 Å².